The lowest BCUT2D eigenvalue weighted by Gasteiger charge is -2.15. The van der Waals surface area contributed by atoms with Gasteiger partial charge in [-0.3, -0.25) is 9.13 Å². The summed E-state index contributed by atoms with van der Waals surface area (Å²) in [6, 6.07) is 52.7. The lowest BCUT2D eigenvalue weighted by molar-refractivity contribution is 0.379. The van der Waals surface area contributed by atoms with Gasteiger partial charge in [-0.1, -0.05) is 60.7 Å². The fourth-order valence-corrected chi connectivity index (χ4v) is 8.56. The van der Waals surface area contributed by atoms with Gasteiger partial charge in [0, 0.05) is 57.2 Å². The molecular weight excluding hydrogens is 797 g/mol. The van der Waals surface area contributed by atoms with Crippen molar-refractivity contribution < 1.29 is 18.9 Å². The number of hydrogen-bond donors (Lipinski definition) is 0. The maximum Gasteiger partial charge on any atom is 0.241 e. The molecule has 0 bridgehead atoms. The molecule has 10 nitrogen and oxygen atoms in total. The molecule has 0 aliphatic carbocycles. The Labute approximate surface area is 368 Å². The van der Waals surface area contributed by atoms with Crippen LogP contribution in [-0.4, -0.2) is 43.3 Å². The van der Waals surface area contributed by atoms with Crippen LogP contribution in [0.2, 0.25) is 0 Å². The molecule has 64 heavy (non-hydrogen) atoms. The van der Waals surface area contributed by atoms with E-state index in [2.05, 4.69) is 108 Å². The average molecular weight is 837 g/mol. The Hall–Kier alpha value is -8.50. The van der Waals surface area contributed by atoms with Crippen LogP contribution >= 0.6 is 0 Å². The fourth-order valence-electron chi connectivity index (χ4n) is 8.56. The highest BCUT2D eigenvalue weighted by atomic mass is 16.5. The highest BCUT2D eigenvalue weighted by Gasteiger charge is 2.21. The summed E-state index contributed by atoms with van der Waals surface area (Å²) in [6.07, 6.45) is 3.69. The Bertz CT molecular complexity index is 3360. The summed E-state index contributed by atoms with van der Waals surface area (Å²) in [5, 5.41) is 4.51. The smallest absolute Gasteiger partial charge is 0.241 e. The highest BCUT2D eigenvalue weighted by Crippen LogP contribution is 2.40. The van der Waals surface area contributed by atoms with Gasteiger partial charge in [-0.15, -0.1) is 0 Å². The third-order valence-corrected chi connectivity index (χ3v) is 11.5. The van der Waals surface area contributed by atoms with E-state index in [0.717, 1.165) is 77.5 Å². The van der Waals surface area contributed by atoms with Gasteiger partial charge in [0.15, 0.2) is 0 Å². The summed E-state index contributed by atoms with van der Waals surface area (Å²) in [6.45, 7) is 4.15. The molecular formula is C54H40N6O4. The number of benzene rings is 6. The van der Waals surface area contributed by atoms with E-state index in [1.165, 1.54) is 0 Å². The maximum absolute atomic E-state index is 6.54. The Morgan fingerprint density at radius 3 is 1.25 bits per heavy atom. The summed E-state index contributed by atoms with van der Waals surface area (Å²) in [4.78, 5) is 19.4. The van der Waals surface area contributed by atoms with Gasteiger partial charge < -0.3 is 18.9 Å². The summed E-state index contributed by atoms with van der Waals surface area (Å²) < 4.78 is 29.2. The first kappa shape index (κ1) is 38.4. The van der Waals surface area contributed by atoms with Gasteiger partial charge in [-0.2, -0.15) is 0 Å². The molecule has 0 amide bonds. The monoisotopic (exact) mass is 836 g/mol. The standard InChI is InChI=1S/C54H40N6O4/c1-33-23-25-55-49(27-33)59-45-17-7-5-15-41(45)43-21-19-39(31-47(43)59)63-37-13-9-11-35(29-37)51-53(61-3)58-52(54(57-51)62-4)36-12-10-14-38(30-36)64-40-20-22-44-42-16-6-8-18-46(42)60(48(44)32-40)50-28-34(2)24-26-56-50/h5-32H,1-4H3. The maximum atomic E-state index is 6.54. The predicted molar refractivity (Wildman–Crippen MR) is 253 cm³/mol. The van der Waals surface area contributed by atoms with Crippen molar-refractivity contribution >= 4 is 43.6 Å². The predicted octanol–water partition coefficient (Wildman–Crippen LogP) is 13.0. The molecule has 11 aromatic rings. The number of rotatable bonds is 10. The number of para-hydroxylation sites is 2. The van der Waals surface area contributed by atoms with Crippen molar-refractivity contribution in [1.82, 2.24) is 29.1 Å². The van der Waals surface area contributed by atoms with Crippen molar-refractivity contribution in [2.75, 3.05) is 14.2 Å². The van der Waals surface area contributed by atoms with Crippen LogP contribution < -0.4 is 18.9 Å². The lowest BCUT2D eigenvalue weighted by Crippen LogP contribution is -2.02. The van der Waals surface area contributed by atoms with E-state index in [9.17, 15) is 0 Å². The number of methoxy groups -OCH3 is 2. The number of aryl methyl sites for hydroxylation is 2. The molecule has 0 saturated carbocycles. The molecule has 6 aromatic carbocycles. The quantitative estimate of drug-likeness (QED) is 0.134. The van der Waals surface area contributed by atoms with Crippen molar-refractivity contribution in [3.05, 3.63) is 181 Å². The third kappa shape index (κ3) is 6.78. The van der Waals surface area contributed by atoms with E-state index >= 15 is 0 Å². The number of ether oxygens (including phenoxy) is 4. The van der Waals surface area contributed by atoms with Crippen LogP contribution in [0.15, 0.2) is 170 Å². The number of pyridine rings is 2. The first-order valence-corrected chi connectivity index (χ1v) is 20.9. The topological polar surface area (TPSA) is 98.3 Å². The van der Waals surface area contributed by atoms with Crippen molar-refractivity contribution in [1.29, 1.82) is 0 Å². The average Bonchev–Trinajstić information content (AvgIpc) is 3.83. The largest absolute Gasteiger partial charge is 0.479 e. The number of nitrogens with zero attached hydrogens (tertiary/aromatic N) is 6. The second kappa shape index (κ2) is 15.8. The molecule has 10 heteroatoms. The molecule has 0 radical (unpaired) electrons. The van der Waals surface area contributed by atoms with Crippen molar-refractivity contribution in [3.8, 4) is 68.9 Å². The van der Waals surface area contributed by atoms with Gasteiger partial charge in [0.25, 0.3) is 0 Å². The van der Waals surface area contributed by atoms with Crippen LogP contribution in [0.25, 0.3) is 77.8 Å². The zero-order valence-corrected chi connectivity index (χ0v) is 35.5. The van der Waals surface area contributed by atoms with Gasteiger partial charge in [0.2, 0.25) is 11.8 Å². The van der Waals surface area contributed by atoms with E-state index in [1.807, 2.05) is 85.2 Å². The molecule has 5 heterocycles. The highest BCUT2D eigenvalue weighted by molar-refractivity contribution is 6.10. The molecule has 0 unspecified atom stereocenters. The molecule has 0 fully saturated rings. The Kier molecular flexibility index (Phi) is 9.46. The molecule has 310 valence electrons. The van der Waals surface area contributed by atoms with Crippen LogP contribution in [0.3, 0.4) is 0 Å². The zero-order valence-electron chi connectivity index (χ0n) is 35.5. The summed E-state index contributed by atoms with van der Waals surface area (Å²) in [5.41, 5.74) is 8.92. The molecule has 11 rings (SSSR count). The minimum absolute atomic E-state index is 0.332. The number of hydrogen-bond acceptors (Lipinski definition) is 8. The molecule has 0 spiro atoms. The Morgan fingerprint density at radius 2 is 0.812 bits per heavy atom. The van der Waals surface area contributed by atoms with Crippen LogP contribution in [0, 0.1) is 13.8 Å². The summed E-state index contributed by atoms with van der Waals surface area (Å²) in [5.74, 6) is 4.97. The molecule has 0 aliphatic heterocycles. The number of fused-ring (bicyclic) bond motifs is 6. The molecule has 0 aliphatic rings. The molecule has 0 saturated heterocycles. The Morgan fingerprint density at radius 1 is 0.391 bits per heavy atom. The van der Waals surface area contributed by atoms with E-state index in [-0.39, 0.29) is 0 Å². The van der Waals surface area contributed by atoms with Crippen LogP contribution in [0.1, 0.15) is 11.1 Å². The third-order valence-electron chi connectivity index (χ3n) is 11.5. The number of aromatic nitrogens is 6. The van der Waals surface area contributed by atoms with Gasteiger partial charge in [-0.25, -0.2) is 19.9 Å². The summed E-state index contributed by atoms with van der Waals surface area (Å²) in [7, 11) is 3.17. The first-order valence-electron chi connectivity index (χ1n) is 20.9. The van der Waals surface area contributed by atoms with E-state index in [1.54, 1.807) is 14.2 Å². The van der Waals surface area contributed by atoms with Gasteiger partial charge in [0.1, 0.15) is 46.0 Å². The SMILES string of the molecule is COc1nc(-c2cccc(Oc3ccc4c5ccccc5n(-c5cc(C)ccn5)c4c3)c2)c(OC)nc1-c1cccc(Oc2ccc3c4ccccc4n(-c4cc(C)ccn4)c3c2)c1. The Balaban J connectivity index is 0.906. The van der Waals surface area contributed by atoms with E-state index in [0.29, 0.717) is 46.1 Å². The molecule has 0 atom stereocenters. The van der Waals surface area contributed by atoms with Crippen molar-refractivity contribution in [2.45, 2.75) is 13.8 Å². The second-order valence-corrected chi connectivity index (χ2v) is 15.6. The lowest BCUT2D eigenvalue weighted by atomic mass is 10.1. The van der Waals surface area contributed by atoms with Crippen molar-refractivity contribution in [2.24, 2.45) is 0 Å². The normalized spacial score (nSPS) is 11.4. The van der Waals surface area contributed by atoms with E-state index in [4.69, 9.17) is 38.9 Å². The minimum Gasteiger partial charge on any atom is -0.479 e. The van der Waals surface area contributed by atoms with E-state index < -0.39 is 0 Å². The van der Waals surface area contributed by atoms with Gasteiger partial charge >= 0.3 is 0 Å². The van der Waals surface area contributed by atoms with Gasteiger partial charge in [-0.05, 0) is 110 Å². The molecule has 5 aromatic heterocycles. The minimum atomic E-state index is 0.332. The van der Waals surface area contributed by atoms with Crippen LogP contribution in [0.4, 0.5) is 0 Å². The summed E-state index contributed by atoms with van der Waals surface area (Å²) >= 11 is 0. The van der Waals surface area contributed by atoms with Crippen LogP contribution in [-0.2, 0) is 0 Å². The molecule has 0 N–H and O–H groups in total. The van der Waals surface area contributed by atoms with Crippen LogP contribution in [0.5, 0.6) is 34.8 Å². The second-order valence-electron chi connectivity index (χ2n) is 15.6. The van der Waals surface area contributed by atoms with Crippen molar-refractivity contribution in [3.63, 3.8) is 0 Å². The fraction of sp³-hybridized carbons (Fsp3) is 0.0741. The first-order chi connectivity index (χ1) is 31.4. The van der Waals surface area contributed by atoms with Gasteiger partial charge in [0.05, 0.1) is 36.3 Å². The zero-order chi connectivity index (χ0) is 43.3.